The molecule has 1 unspecified atom stereocenters. The van der Waals surface area contributed by atoms with Gasteiger partial charge in [0.1, 0.15) is 0 Å². The largest absolute Gasteiger partial charge is 0.308 e. The topological polar surface area (TPSA) is 37.8 Å². The summed E-state index contributed by atoms with van der Waals surface area (Å²) in [5, 5.41) is 3.40. The Morgan fingerprint density at radius 3 is 2.62 bits per heavy atom. The lowest BCUT2D eigenvalue weighted by molar-refractivity contribution is 0.423. The van der Waals surface area contributed by atoms with Gasteiger partial charge in [-0.1, -0.05) is 13.8 Å². The minimum absolute atomic E-state index is 0.516. The van der Waals surface area contributed by atoms with Crippen LogP contribution in [0.2, 0.25) is 0 Å². The summed E-state index contributed by atoms with van der Waals surface area (Å²) >= 11 is 0. The van der Waals surface area contributed by atoms with Crippen molar-refractivity contribution >= 4 is 0 Å². The Kier molecular flexibility index (Phi) is 3.83. The second-order valence-corrected chi connectivity index (χ2v) is 3.61. The van der Waals surface area contributed by atoms with Gasteiger partial charge in [0.25, 0.3) is 0 Å². The van der Waals surface area contributed by atoms with Gasteiger partial charge in [-0.25, -0.2) is 0 Å². The zero-order valence-corrected chi connectivity index (χ0v) is 8.49. The molecule has 0 aliphatic carbocycles. The average Bonchev–Trinajstić information content (AvgIpc) is 2.15. The van der Waals surface area contributed by atoms with E-state index in [-0.39, 0.29) is 0 Å². The Morgan fingerprint density at radius 1 is 1.31 bits per heavy atom. The minimum Gasteiger partial charge on any atom is -0.308 e. The molecule has 0 radical (unpaired) electrons. The quantitative estimate of drug-likeness (QED) is 0.763. The molecule has 0 saturated carbocycles. The molecule has 3 nitrogen and oxygen atoms in total. The van der Waals surface area contributed by atoms with Crippen LogP contribution in [0, 0.1) is 5.92 Å². The van der Waals surface area contributed by atoms with Crippen molar-refractivity contribution in [2.75, 3.05) is 0 Å². The molecular weight excluding hydrogens is 162 g/mol. The SMILES string of the molecule is CC(C)C(C)NCc1cnccn1. The van der Waals surface area contributed by atoms with Crippen LogP contribution in [0.1, 0.15) is 26.5 Å². The monoisotopic (exact) mass is 179 g/mol. The Bertz CT molecular complexity index is 233. The molecule has 72 valence electrons. The van der Waals surface area contributed by atoms with E-state index in [2.05, 4.69) is 36.1 Å². The highest BCUT2D eigenvalue weighted by Crippen LogP contribution is 2.00. The van der Waals surface area contributed by atoms with E-state index in [0.29, 0.717) is 12.0 Å². The molecule has 0 aliphatic heterocycles. The maximum atomic E-state index is 4.19. The van der Waals surface area contributed by atoms with E-state index in [1.807, 2.05) is 0 Å². The van der Waals surface area contributed by atoms with Crippen molar-refractivity contribution in [1.82, 2.24) is 15.3 Å². The van der Waals surface area contributed by atoms with Crippen molar-refractivity contribution in [3.63, 3.8) is 0 Å². The van der Waals surface area contributed by atoms with E-state index in [1.165, 1.54) is 0 Å². The summed E-state index contributed by atoms with van der Waals surface area (Å²) in [6, 6.07) is 0.516. The Labute approximate surface area is 79.6 Å². The van der Waals surface area contributed by atoms with Crippen LogP contribution in [0.25, 0.3) is 0 Å². The fraction of sp³-hybridized carbons (Fsp3) is 0.600. The highest BCUT2D eigenvalue weighted by molar-refractivity contribution is 4.94. The van der Waals surface area contributed by atoms with Gasteiger partial charge in [0.2, 0.25) is 0 Å². The number of hydrogen-bond acceptors (Lipinski definition) is 3. The zero-order chi connectivity index (χ0) is 9.68. The molecule has 0 amide bonds. The molecule has 1 heterocycles. The minimum atomic E-state index is 0.516. The predicted molar refractivity (Wildman–Crippen MR) is 53.2 cm³/mol. The van der Waals surface area contributed by atoms with Crippen molar-refractivity contribution in [1.29, 1.82) is 0 Å². The first kappa shape index (κ1) is 10.1. The molecule has 1 atom stereocenters. The summed E-state index contributed by atoms with van der Waals surface area (Å²) < 4.78 is 0. The Hall–Kier alpha value is -0.960. The zero-order valence-electron chi connectivity index (χ0n) is 8.49. The molecule has 1 aromatic rings. The van der Waals surface area contributed by atoms with E-state index in [1.54, 1.807) is 18.6 Å². The van der Waals surface area contributed by atoms with E-state index in [0.717, 1.165) is 12.2 Å². The van der Waals surface area contributed by atoms with Crippen LogP contribution in [0.5, 0.6) is 0 Å². The van der Waals surface area contributed by atoms with Gasteiger partial charge in [-0.15, -0.1) is 0 Å². The van der Waals surface area contributed by atoms with Gasteiger partial charge in [0.15, 0.2) is 0 Å². The van der Waals surface area contributed by atoms with Crippen LogP contribution in [0.3, 0.4) is 0 Å². The number of rotatable bonds is 4. The molecule has 0 saturated heterocycles. The van der Waals surface area contributed by atoms with Gasteiger partial charge in [-0.05, 0) is 12.8 Å². The van der Waals surface area contributed by atoms with E-state index >= 15 is 0 Å². The van der Waals surface area contributed by atoms with Crippen LogP contribution in [-0.2, 0) is 6.54 Å². The lowest BCUT2D eigenvalue weighted by Gasteiger charge is -2.16. The van der Waals surface area contributed by atoms with Gasteiger partial charge in [0, 0.05) is 31.2 Å². The molecule has 0 aromatic carbocycles. The predicted octanol–water partition coefficient (Wildman–Crippen LogP) is 1.61. The summed E-state index contributed by atoms with van der Waals surface area (Å²) in [5.74, 6) is 0.650. The summed E-state index contributed by atoms with van der Waals surface area (Å²) in [5.41, 5.74) is 0.995. The van der Waals surface area contributed by atoms with Crippen molar-refractivity contribution in [2.45, 2.75) is 33.4 Å². The van der Waals surface area contributed by atoms with Crippen molar-refractivity contribution < 1.29 is 0 Å². The van der Waals surface area contributed by atoms with Gasteiger partial charge >= 0.3 is 0 Å². The summed E-state index contributed by atoms with van der Waals surface area (Å²) in [6.07, 6.45) is 5.20. The van der Waals surface area contributed by atoms with Crippen LogP contribution < -0.4 is 5.32 Å². The Morgan fingerprint density at radius 2 is 2.08 bits per heavy atom. The van der Waals surface area contributed by atoms with E-state index in [9.17, 15) is 0 Å². The fourth-order valence-electron chi connectivity index (χ4n) is 0.923. The average molecular weight is 179 g/mol. The summed E-state index contributed by atoms with van der Waals surface area (Å²) in [6.45, 7) is 7.39. The van der Waals surface area contributed by atoms with E-state index in [4.69, 9.17) is 0 Å². The van der Waals surface area contributed by atoms with Crippen molar-refractivity contribution in [2.24, 2.45) is 5.92 Å². The molecule has 3 heteroatoms. The normalized spacial score (nSPS) is 13.2. The summed E-state index contributed by atoms with van der Waals surface area (Å²) in [4.78, 5) is 8.19. The standard InChI is InChI=1S/C10H17N3/c1-8(2)9(3)13-7-10-6-11-4-5-12-10/h4-6,8-9,13H,7H2,1-3H3. The molecular formula is C10H17N3. The molecule has 1 aromatic heterocycles. The smallest absolute Gasteiger partial charge is 0.0724 e. The van der Waals surface area contributed by atoms with Crippen LogP contribution >= 0.6 is 0 Å². The third-order valence-electron chi connectivity index (χ3n) is 2.22. The van der Waals surface area contributed by atoms with E-state index < -0.39 is 0 Å². The molecule has 0 aliphatic rings. The first-order chi connectivity index (χ1) is 6.20. The number of nitrogens with one attached hydrogen (secondary N) is 1. The Balaban J connectivity index is 2.35. The van der Waals surface area contributed by atoms with Gasteiger partial charge in [-0.2, -0.15) is 0 Å². The lowest BCUT2D eigenvalue weighted by atomic mass is 10.1. The lowest BCUT2D eigenvalue weighted by Crippen LogP contribution is -2.30. The molecule has 0 bridgehead atoms. The maximum absolute atomic E-state index is 4.19. The highest BCUT2D eigenvalue weighted by atomic mass is 14.9. The first-order valence-electron chi connectivity index (χ1n) is 4.68. The van der Waals surface area contributed by atoms with Crippen LogP contribution in [0.4, 0.5) is 0 Å². The number of hydrogen-bond donors (Lipinski definition) is 1. The fourth-order valence-corrected chi connectivity index (χ4v) is 0.923. The highest BCUT2D eigenvalue weighted by Gasteiger charge is 2.05. The van der Waals surface area contributed by atoms with Gasteiger partial charge in [0.05, 0.1) is 5.69 Å². The first-order valence-corrected chi connectivity index (χ1v) is 4.68. The third-order valence-corrected chi connectivity index (χ3v) is 2.22. The number of nitrogens with zero attached hydrogens (tertiary/aromatic N) is 2. The maximum Gasteiger partial charge on any atom is 0.0724 e. The number of aromatic nitrogens is 2. The second kappa shape index (κ2) is 4.92. The van der Waals surface area contributed by atoms with Crippen LogP contribution in [-0.4, -0.2) is 16.0 Å². The molecule has 13 heavy (non-hydrogen) atoms. The molecule has 0 spiro atoms. The molecule has 1 N–H and O–H groups in total. The molecule has 1 rings (SSSR count). The second-order valence-electron chi connectivity index (χ2n) is 3.61. The van der Waals surface area contributed by atoms with Crippen LogP contribution in [0.15, 0.2) is 18.6 Å². The summed E-state index contributed by atoms with van der Waals surface area (Å²) in [7, 11) is 0. The van der Waals surface area contributed by atoms with Crippen molar-refractivity contribution in [3.8, 4) is 0 Å². The van der Waals surface area contributed by atoms with Crippen molar-refractivity contribution in [3.05, 3.63) is 24.3 Å². The van der Waals surface area contributed by atoms with Gasteiger partial charge in [-0.3, -0.25) is 9.97 Å². The van der Waals surface area contributed by atoms with Gasteiger partial charge < -0.3 is 5.32 Å². The third kappa shape index (κ3) is 3.51. The molecule has 0 fully saturated rings.